The summed E-state index contributed by atoms with van der Waals surface area (Å²) in [4.78, 5) is 30.0. The molecule has 9 nitrogen and oxygen atoms in total. The van der Waals surface area contributed by atoms with Gasteiger partial charge in [0.25, 0.3) is 5.69 Å². The zero-order chi connectivity index (χ0) is 13.2. The Morgan fingerprint density at radius 2 is 1.88 bits per heavy atom. The smallest absolute Gasteiger partial charge is 0.319 e. The van der Waals surface area contributed by atoms with Gasteiger partial charge < -0.3 is 10.4 Å². The number of benzene rings is 1. The van der Waals surface area contributed by atoms with E-state index in [-0.39, 0.29) is 5.69 Å². The fourth-order valence-electron chi connectivity index (χ4n) is 1.13. The Labute approximate surface area is 94.0 Å². The van der Waals surface area contributed by atoms with E-state index in [1.165, 1.54) is 0 Å². The summed E-state index contributed by atoms with van der Waals surface area (Å²) in [6, 6.07) is 1.45. The number of hydrogen-bond acceptors (Lipinski definition) is 6. The van der Waals surface area contributed by atoms with E-state index in [4.69, 9.17) is 0 Å². The Hall–Kier alpha value is -2.71. The molecule has 0 saturated carbocycles. The number of nitro groups is 2. The van der Waals surface area contributed by atoms with Crippen molar-refractivity contribution in [1.29, 1.82) is 0 Å². The molecule has 0 atom stereocenters. The van der Waals surface area contributed by atoms with E-state index in [2.05, 4.69) is 5.32 Å². The predicted molar refractivity (Wildman–Crippen MR) is 55.7 cm³/mol. The molecule has 0 bridgehead atoms. The van der Waals surface area contributed by atoms with Gasteiger partial charge in [0.2, 0.25) is 11.7 Å². The van der Waals surface area contributed by atoms with Crippen molar-refractivity contribution in [2.45, 2.75) is 6.92 Å². The quantitative estimate of drug-likeness (QED) is 0.463. The fraction of sp³-hybridized carbons (Fsp3) is 0.125. The van der Waals surface area contributed by atoms with Crippen LogP contribution < -0.4 is 5.32 Å². The number of hydrogen-bond donors (Lipinski definition) is 2. The molecule has 1 amide bonds. The van der Waals surface area contributed by atoms with Crippen molar-refractivity contribution in [2.24, 2.45) is 0 Å². The number of nitrogens with zero attached hydrogens (tertiary/aromatic N) is 2. The molecule has 0 heterocycles. The first-order chi connectivity index (χ1) is 7.82. The summed E-state index contributed by atoms with van der Waals surface area (Å²) in [5.41, 5.74) is -1.82. The largest absolute Gasteiger partial charge is 0.501 e. The van der Waals surface area contributed by atoms with E-state index in [9.17, 15) is 30.1 Å². The van der Waals surface area contributed by atoms with Crippen molar-refractivity contribution >= 4 is 23.0 Å². The number of anilines is 1. The van der Waals surface area contributed by atoms with Crippen LogP contribution in [0.2, 0.25) is 0 Å². The predicted octanol–water partition coefficient (Wildman–Crippen LogP) is 1.17. The van der Waals surface area contributed by atoms with E-state index < -0.39 is 32.9 Å². The molecule has 90 valence electrons. The molecule has 0 saturated heterocycles. The first-order valence-electron chi connectivity index (χ1n) is 4.26. The molecule has 0 spiro atoms. The summed E-state index contributed by atoms with van der Waals surface area (Å²) in [6.45, 7) is 1.10. The van der Waals surface area contributed by atoms with Gasteiger partial charge in [0.15, 0.2) is 0 Å². The molecule has 0 aliphatic carbocycles. The normalized spacial score (nSPS) is 9.71. The van der Waals surface area contributed by atoms with Crippen LogP contribution in [0.25, 0.3) is 0 Å². The van der Waals surface area contributed by atoms with Crippen LogP contribution in [0.4, 0.5) is 17.1 Å². The van der Waals surface area contributed by atoms with Crippen molar-refractivity contribution < 1.29 is 19.7 Å². The van der Waals surface area contributed by atoms with Gasteiger partial charge in [-0.1, -0.05) is 0 Å². The second-order valence-electron chi connectivity index (χ2n) is 3.06. The van der Waals surface area contributed by atoms with Crippen LogP contribution in [0.5, 0.6) is 5.75 Å². The third-order valence-electron chi connectivity index (χ3n) is 1.79. The minimum atomic E-state index is -0.979. The number of carbonyl (C=O) groups is 1. The first kappa shape index (κ1) is 12.4. The number of non-ortho nitro benzene ring substituents is 1. The number of rotatable bonds is 3. The lowest BCUT2D eigenvalue weighted by atomic mass is 10.2. The lowest BCUT2D eigenvalue weighted by molar-refractivity contribution is -0.394. The highest BCUT2D eigenvalue weighted by Gasteiger charge is 2.24. The van der Waals surface area contributed by atoms with Gasteiger partial charge in [0.05, 0.1) is 21.6 Å². The Bertz CT molecular complexity index is 512. The number of nitro benzene ring substituents is 2. The van der Waals surface area contributed by atoms with Gasteiger partial charge in [-0.05, 0) is 0 Å². The SMILES string of the molecule is CC(=O)Nc1cc([N+](=O)[O-])cc([N+](=O)[O-])c1O. The summed E-state index contributed by atoms with van der Waals surface area (Å²) in [7, 11) is 0. The minimum Gasteiger partial charge on any atom is -0.501 e. The molecule has 17 heavy (non-hydrogen) atoms. The van der Waals surface area contributed by atoms with Crippen LogP contribution in [0, 0.1) is 20.2 Å². The summed E-state index contributed by atoms with van der Waals surface area (Å²) in [5.74, 6) is -1.44. The summed E-state index contributed by atoms with van der Waals surface area (Å²) in [5, 5.41) is 32.6. The third-order valence-corrected chi connectivity index (χ3v) is 1.79. The molecule has 1 aromatic rings. The molecule has 0 aliphatic rings. The van der Waals surface area contributed by atoms with Crippen molar-refractivity contribution in [3.05, 3.63) is 32.4 Å². The molecule has 0 unspecified atom stereocenters. The van der Waals surface area contributed by atoms with Gasteiger partial charge in [0, 0.05) is 13.0 Å². The van der Waals surface area contributed by atoms with Crippen molar-refractivity contribution in [3.63, 3.8) is 0 Å². The van der Waals surface area contributed by atoms with Crippen LogP contribution in [0.3, 0.4) is 0 Å². The second-order valence-corrected chi connectivity index (χ2v) is 3.06. The van der Waals surface area contributed by atoms with Crippen molar-refractivity contribution in [2.75, 3.05) is 5.32 Å². The standard InChI is InChI=1S/C8H7N3O6/c1-4(12)9-6-2-5(10(14)15)3-7(8(6)13)11(16)17/h2-3,13H,1H3,(H,9,12). The van der Waals surface area contributed by atoms with Gasteiger partial charge in [-0.25, -0.2) is 0 Å². The molecular weight excluding hydrogens is 234 g/mol. The van der Waals surface area contributed by atoms with E-state index in [0.29, 0.717) is 6.07 Å². The Balaban J connectivity index is 3.42. The molecule has 0 aromatic heterocycles. The molecule has 0 fully saturated rings. The average molecular weight is 241 g/mol. The highest BCUT2D eigenvalue weighted by Crippen LogP contribution is 2.37. The molecule has 1 rings (SSSR count). The van der Waals surface area contributed by atoms with Gasteiger partial charge in [-0.3, -0.25) is 25.0 Å². The third kappa shape index (κ3) is 2.65. The van der Waals surface area contributed by atoms with Crippen molar-refractivity contribution in [1.82, 2.24) is 0 Å². The lowest BCUT2D eigenvalue weighted by Crippen LogP contribution is -2.07. The zero-order valence-electron chi connectivity index (χ0n) is 8.54. The van der Waals surface area contributed by atoms with Crippen LogP contribution in [-0.4, -0.2) is 20.9 Å². The number of phenols is 1. The maximum absolute atomic E-state index is 10.8. The van der Waals surface area contributed by atoms with Crippen LogP contribution >= 0.6 is 0 Å². The highest BCUT2D eigenvalue weighted by atomic mass is 16.6. The van der Waals surface area contributed by atoms with E-state index in [0.717, 1.165) is 13.0 Å². The average Bonchev–Trinajstić information content (AvgIpc) is 2.19. The number of carbonyl (C=O) groups excluding carboxylic acids is 1. The molecule has 0 aliphatic heterocycles. The molecular formula is C8H7N3O6. The topological polar surface area (TPSA) is 136 Å². The molecule has 9 heteroatoms. The number of nitrogens with one attached hydrogen (secondary N) is 1. The zero-order valence-corrected chi connectivity index (χ0v) is 8.54. The maximum Gasteiger partial charge on any atom is 0.319 e. The fourth-order valence-corrected chi connectivity index (χ4v) is 1.13. The van der Waals surface area contributed by atoms with Crippen LogP contribution in [0.15, 0.2) is 12.1 Å². The van der Waals surface area contributed by atoms with Crippen LogP contribution in [0.1, 0.15) is 6.92 Å². The van der Waals surface area contributed by atoms with E-state index in [1.54, 1.807) is 0 Å². The summed E-state index contributed by atoms with van der Waals surface area (Å²) in [6.07, 6.45) is 0. The monoisotopic (exact) mass is 241 g/mol. The Morgan fingerprint density at radius 3 is 2.29 bits per heavy atom. The second kappa shape index (κ2) is 4.43. The Kier molecular flexibility index (Phi) is 3.22. The summed E-state index contributed by atoms with van der Waals surface area (Å²) >= 11 is 0. The molecule has 1 aromatic carbocycles. The molecule has 0 radical (unpaired) electrons. The van der Waals surface area contributed by atoms with Gasteiger partial charge in [-0.15, -0.1) is 0 Å². The maximum atomic E-state index is 10.8. The Morgan fingerprint density at radius 1 is 1.29 bits per heavy atom. The number of phenolic OH excluding ortho intramolecular Hbond substituents is 1. The minimum absolute atomic E-state index is 0.376. The highest BCUT2D eigenvalue weighted by molar-refractivity contribution is 5.92. The molecule has 2 N–H and O–H groups in total. The van der Waals surface area contributed by atoms with Gasteiger partial charge in [-0.2, -0.15) is 0 Å². The first-order valence-corrected chi connectivity index (χ1v) is 4.26. The van der Waals surface area contributed by atoms with Gasteiger partial charge >= 0.3 is 5.69 Å². The number of aromatic hydroxyl groups is 1. The van der Waals surface area contributed by atoms with Crippen molar-refractivity contribution in [3.8, 4) is 5.75 Å². The lowest BCUT2D eigenvalue weighted by Gasteiger charge is -2.05. The number of amides is 1. The van der Waals surface area contributed by atoms with Gasteiger partial charge in [0.1, 0.15) is 0 Å². The van der Waals surface area contributed by atoms with E-state index in [1.807, 2.05) is 0 Å². The van der Waals surface area contributed by atoms with E-state index >= 15 is 0 Å². The van der Waals surface area contributed by atoms with Crippen LogP contribution in [-0.2, 0) is 4.79 Å². The summed E-state index contributed by atoms with van der Waals surface area (Å²) < 4.78 is 0.